The highest BCUT2D eigenvalue weighted by Crippen LogP contribution is 2.15. The van der Waals surface area contributed by atoms with E-state index in [-0.39, 0.29) is 17.5 Å². The molecule has 124 valence electrons. The summed E-state index contributed by atoms with van der Waals surface area (Å²) in [5.41, 5.74) is 0. The molecular weight excluding hydrogens is 323 g/mol. The van der Waals surface area contributed by atoms with Crippen LogP contribution in [-0.4, -0.2) is 32.2 Å². The number of hydrogen-bond acceptors (Lipinski definition) is 4. The topological polar surface area (TPSA) is 79.6 Å². The van der Waals surface area contributed by atoms with Crippen molar-refractivity contribution in [3.8, 4) is 0 Å². The number of sulfonamides is 1. The van der Waals surface area contributed by atoms with Crippen molar-refractivity contribution in [3.05, 3.63) is 54.2 Å². The molecule has 0 radical (unpaired) electrons. The minimum atomic E-state index is -3.86. The second-order valence-electron chi connectivity index (χ2n) is 5.02. The van der Waals surface area contributed by atoms with Gasteiger partial charge in [0.25, 0.3) is 0 Å². The van der Waals surface area contributed by atoms with Crippen LogP contribution in [0.1, 0.15) is 18.7 Å². The summed E-state index contributed by atoms with van der Waals surface area (Å²) >= 11 is 0. The number of halogens is 1. The summed E-state index contributed by atoms with van der Waals surface area (Å²) in [4.78, 5) is 11.9. The molecule has 6 nitrogen and oxygen atoms in total. The molecular formula is C15H17FN2O4S. The Bertz CT molecular complexity index is 757. The van der Waals surface area contributed by atoms with Crippen LogP contribution in [-0.2, 0) is 14.8 Å². The van der Waals surface area contributed by atoms with Gasteiger partial charge in [-0.05, 0) is 43.3 Å². The predicted molar refractivity (Wildman–Crippen MR) is 81.5 cm³/mol. The number of nitrogens with one attached hydrogen (secondary N) is 1. The summed E-state index contributed by atoms with van der Waals surface area (Å²) in [5, 5.41) is 2.65. The van der Waals surface area contributed by atoms with Crippen LogP contribution in [0.15, 0.2) is 52.0 Å². The Kier molecular flexibility index (Phi) is 5.17. The third-order valence-electron chi connectivity index (χ3n) is 3.24. The fraction of sp³-hybridized carbons (Fsp3) is 0.267. The maximum absolute atomic E-state index is 12.9. The molecule has 1 aromatic heterocycles. The molecule has 0 bridgehead atoms. The number of benzene rings is 1. The third kappa shape index (κ3) is 4.17. The lowest BCUT2D eigenvalue weighted by Crippen LogP contribution is -2.39. The zero-order valence-electron chi connectivity index (χ0n) is 12.7. The van der Waals surface area contributed by atoms with Gasteiger partial charge in [0, 0.05) is 7.05 Å². The standard InChI is InChI=1S/C15H17FN2O4S/c1-11(14-4-3-9-22-14)17-15(19)10-18(2)23(20,21)13-7-5-12(16)6-8-13/h3-9,11H,10H2,1-2H3,(H,17,19). The van der Waals surface area contributed by atoms with Crippen LogP contribution in [0, 0.1) is 5.82 Å². The zero-order valence-corrected chi connectivity index (χ0v) is 13.5. The quantitative estimate of drug-likeness (QED) is 0.871. The lowest BCUT2D eigenvalue weighted by Gasteiger charge is -2.18. The average Bonchev–Trinajstić information content (AvgIpc) is 3.01. The monoisotopic (exact) mass is 340 g/mol. The minimum absolute atomic E-state index is 0.0757. The summed E-state index contributed by atoms with van der Waals surface area (Å²) in [6.07, 6.45) is 1.49. The lowest BCUT2D eigenvalue weighted by molar-refractivity contribution is -0.121. The molecule has 0 aliphatic heterocycles. The molecule has 0 aliphatic carbocycles. The first-order chi connectivity index (χ1) is 10.8. The van der Waals surface area contributed by atoms with Crippen molar-refractivity contribution in [2.24, 2.45) is 0 Å². The van der Waals surface area contributed by atoms with Crippen molar-refractivity contribution in [1.29, 1.82) is 0 Å². The molecule has 1 aromatic carbocycles. The molecule has 0 saturated carbocycles. The number of likely N-dealkylation sites (N-methyl/N-ethyl adjacent to an activating group) is 1. The Balaban J connectivity index is 2.01. The highest BCUT2D eigenvalue weighted by atomic mass is 32.2. The molecule has 1 amide bonds. The van der Waals surface area contributed by atoms with E-state index in [1.807, 2.05) is 0 Å². The molecule has 8 heteroatoms. The van der Waals surface area contributed by atoms with E-state index in [4.69, 9.17) is 4.42 Å². The first-order valence-electron chi connectivity index (χ1n) is 6.85. The molecule has 1 atom stereocenters. The molecule has 0 aliphatic rings. The lowest BCUT2D eigenvalue weighted by atomic mass is 10.2. The minimum Gasteiger partial charge on any atom is -0.467 e. The molecule has 1 unspecified atom stereocenters. The highest BCUT2D eigenvalue weighted by Gasteiger charge is 2.23. The smallest absolute Gasteiger partial charge is 0.243 e. The number of furan rings is 1. The van der Waals surface area contributed by atoms with E-state index < -0.39 is 21.7 Å². The molecule has 2 aromatic rings. The van der Waals surface area contributed by atoms with Crippen molar-refractivity contribution in [3.63, 3.8) is 0 Å². The molecule has 23 heavy (non-hydrogen) atoms. The van der Waals surface area contributed by atoms with Crippen LogP contribution in [0.25, 0.3) is 0 Å². The van der Waals surface area contributed by atoms with Gasteiger partial charge in [-0.25, -0.2) is 12.8 Å². The Morgan fingerprint density at radius 1 is 1.30 bits per heavy atom. The van der Waals surface area contributed by atoms with Gasteiger partial charge in [0.05, 0.1) is 23.7 Å². The van der Waals surface area contributed by atoms with Crippen LogP contribution < -0.4 is 5.32 Å². The van der Waals surface area contributed by atoms with Gasteiger partial charge < -0.3 is 9.73 Å². The normalized spacial score (nSPS) is 13.0. The second-order valence-corrected chi connectivity index (χ2v) is 7.06. The molecule has 0 spiro atoms. The molecule has 2 rings (SSSR count). The number of carbonyl (C=O) groups is 1. The summed E-state index contributed by atoms with van der Waals surface area (Å²) in [6, 6.07) is 7.46. The van der Waals surface area contributed by atoms with Gasteiger partial charge in [-0.3, -0.25) is 4.79 Å². The molecule has 1 heterocycles. The average molecular weight is 340 g/mol. The van der Waals surface area contributed by atoms with Crippen LogP contribution >= 0.6 is 0 Å². The Labute approximate surface area is 134 Å². The number of nitrogens with zero attached hydrogens (tertiary/aromatic N) is 1. The van der Waals surface area contributed by atoms with E-state index in [2.05, 4.69) is 5.32 Å². The van der Waals surface area contributed by atoms with E-state index in [1.54, 1.807) is 19.1 Å². The Morgan fingerprint density at radius 2 is 1.96 bits per heavy atom. The van der Waals surface area contributed by atoms with Crippen molar-refractivity contribution >= 4 is 15.9 Å². The highest BCUT2D eigenvalue weighted by molar-refractivity contribution is 7.89. The number of hydrogen-bond donors (Lipinski definition) is 1. The Hall–Kier alpha value is -2.19. The first kappa shape index (κ1) is 17.2. The SMILES string of the molecule is CC(NC(=O)CN(C)S(=O)(=O)c1ccc(F)cc1)c1ccco1. The summed E-state index contributed by atoms with van der Waals surface area (Å²) in [5.74, 6) is -0.430. The summed E-state index contributed by atoms with van der Waals surface area (Å²) in [7, 11) is -2.57. The van der Waals surface area contributed by atoms with Gasteiger partial charge in [-0.1, -0.05) is 0 Å². The van der Waals surface area contributed by atoms with Crippen LogP contribution in [0.5, 0.6) is 0 Å². The Morgan fingerprint density at radius 3 is 2.52 bits per heavy atom. The van der Waals surface area contributed by atoms with E-state index in [0.29, 0.717) is 5.76 Å². The predicted octanol–water partition coefficient (Wildman–Crippen LogP) is 1.92. The maximum Gasteiger partial charge on any atom is 0.243 e. The van der Waals surface area contributed by atoms with E-state index in [9.17, 15) is 17.6 Å². The number of amides is 1. The van der Waals surface area contributed by atoms with Crippen LogP contribution in [0.2, 0.25) is 0 Å². The number of rotatable bonds is 6. The van der Waals surface area contributed by atoms with Gasteiger partial charge in [0.1, 0.15) is 11.6 Å². The molecule has 1 N–H and O–H groups in total. The fourth-order valence-corrected chi connectivity index (χ4v) is 3.10. The van der Waals surface area contributed by atoms with Gasteiger partial charge in [0.2, 0.25) is 15.9 Å². The molecule has 0 saturated heterocycles. The third-order valence-corrected chi connectivity index (χ3v) is 5.05. The zero-order chi connectivity index (χ0) is 17.0. The summed E-state index contributed by atoms with van der Waals surface area (Å²) < 4.78 is 43.6. The van der Waals surface area contributed by atoms with Gasteiger partial charge in [-0.15, -0.1) is 0 Å². The van der Waals surface area contributed by atoms with Gasteiger partial charge in [0.15, 0.2) is 0 Å². The summed E-state index contributed by atoms with van der Waals surface area (Å²) in [6.45, 7) is 1.37. The van der Waals surface area contributed by atoms with Crippen molar-refractivity contribution < 1.29 is 22.0 Å². The van der Waals surface area contributed by atoms with Crippen molar-refractivity contribution in [2.75, 3.05) is 13.6 Å². The first-order valence-corrected chi connectivity index (χ1v) is 8.29. The maximum atomic E-state index is 12.9. The fourth-order valence-electron chi connectivity index (χ4n) is 1.97. The van der Waals surface area contributed by atoms with Crippen molar-refractivity contribution in [2.45, 2.75) is 17.9 Å². The number of carbonyl (C=O) groups excluding carboxylic acids is 1. The molecule has 0 fully saturated rings. The second kappa shape index (κ2) is 6.93. The van der Waals surface area contributed by atoms with Gasteiger partial charge >= 0.3 is 0 Å². The van der Waals surface area contributed by atoms with Crippen LogP contribution in [0.4, 0.5) is 4.39 Å². The van der Waals surface area contributed by atoms with E-state index >= 15 is 0 Å². The van der Waals surface area contributed by atoms with E-state index in [1.165, 1.54) is 13.3 Å². The van der Waals surface area contributed by atoms with Crippen molar-refractivity contribution in [1.82, 2.24) is 9.62 Å². The van der Waals surface area contributed by atoms with Crippen LogP contribution in [0.3, 0.4) is 0 Å². The van der Waals surface area contributed by atoms with Gasteiger partial charge in [-0.2, -0.15) is 4.31 Å². The van der Waals surface area contributed by atoms with E-state index in [0.717, 1.165) is 28.6 Å². The largest absolute Gasteiger partial charge is 0.467 e.